The highest BCUT2D eigenvalue weighted by atomic mass is 16.5. The summed E-state index contributed by atoms with van der Waals surface area (Å²) < 4.78 is 5.13. The Kier molecular flexibility index (Phi) is 4.26. The molecule has 1 saturated carbocycles. The number of hydrogen-bond acceptors (Lipinski definition) is 4. The zero-order valence-electron chi connectivity index (χ0n) is 12.1. The molecule has 2 rings (SSSR count). The monoisotopic (exact) mass is 268 g/mol. The summed E-state index contributed by atoms with van der Waals surface area (Å²) in [6.07, 6.45) is 4.45. The third-order valence-electron chi connectivity index (χ3n) is 3.94. The van der Waals surface area contributed by atoms with Crippen LogP contribution in [-0.4, -0.2) is 48.1 Å². The quantitative estimate of drug-likeness (QED) is 0.758. The maximum Gasteiger partial charge on any atom is 0.247 e. The van der Waals surface area contributed by atoms with Crippen LogP contribution in [0.15, 0.2) is 0 Å². The third-order valence-corrected chi connectivity index (χ3v) is 3.94. The second-order valence-corrected chi connectivity index (χ2v) is 6.26. The molecule has 108 valence electrons. The number of ether oxygens (including phenoxy) is 1. The lowest BCUT2D eigenvalue weighted by Crippen LogP contribution is -2.52. The number of imide groups is 1. The smallest absolute Gasteiger partial charge is 0.247 e. The zero-order chi connectivity index (χ0) is 14.0. The van der Waals surface area contributed by atoms with Crippen molar-refractivity contribution in [3.63, 3.8) is 0 Å². The van der Waals surface area contributed by atoms with Gasteiger partial charge in [0.1, 0.15) is 0 Å². The molecule has 2 aliphatic rings. The molecular weight excluding hydrogens is 244 g/mol. The van der Waals surface area contributed by atoms with Crippen LogP contribution in [0.3, 0.4) is 0 Å². The van der Waals surface area contributed by atoms with Crippen molar-refractivity contribution in [1.29, 1.82) is 0 Å². The molecule has 19 heavy (non-hydrogen) atoms. The Morgan fingerprint density at radius 2 is 1.95 bits per heavy atom. The lowest BCUT2D eigenvalue weighted by atomic mass is 10.0. The molecule has 1 unspecified atom stereocenters. The molecule has 1 N–H and O–H groups in total. The van der Waals surface area contributed by atoms with Gasteiger partial charge in [0.25, 0.3) is 0 Å². The van der Waals surface area contributed by atoms with Gasteiger partial charge in [-0.05, 0) is 26.7 Å². The molecule has 0 spiro atoms. The number of nitrogens with zero attached hydrogens (tertiary/aromatic N) is 1. The second-order valence-electron chi connectivity index (χ2n) is 6.26. The van der Waals surface area contributed by atoms with Crippen LogP contribution in [0.2, 0.25) is 0 Å². The Bertz CT molecular complexity index is 362. The highest BCUT2D eigenvalue weighted by Crippen LogP contribution is 2.28. The molecule has 1 aliphatic carbocycles. The molecule has 0 aromatic heterocycles. The van der Waals surface area contributed by atoms with E-state index in [9.17, 15) is 9.59 Å². The molecule has 0 aromatic carbocycles. The van der Waals surface area contributed by atoms with Crippen molar-refractivity contribution in [2.45, 2.75) is 63.6 Å². The van der Waals surface area contributed by atoms with Gasteiger partial charge in [0.15, 0.2) is 0 Å². The molecule has 0 aromatic rings. The van der Waals surface area contributed by atoms with Crippen LogP contribution in [0, 0.1) is 0 Å². The molecule has 1 heterocycles. The van der Waals surface area contributed by atoms with Gasteiger partial charge in [-0.1, -0.05) is 12.8 Å². The number of hydrogen-bond donors (Lipinski definition) is 1. The van der Waals surface area contributed by atoms with E-state index in [1.165, 1.54) is 4.90 Å². The lowest BCUT2D eigenvalue weighted by Gasteiger charge is -2.29. The maximum atomic E-state index is 12.4. The highest BCUT2D eigenvalue weighted by molar-refractivity contribution is 6.05. The standard InChI is InChI=1S/C14H24N2O3/c1-14(2,9-19-3)15-11-8-12(17)16(13(11)18)10-6-4-5-7-10/h10-11,15H,4-9H2,1-3H3. The molecule has 2 fully saturated rings. The lowest BCUT2D eigenvalue weighted by molar-refractivity contribution is -0.141. The Labute approximate surface area is 114 Å². The molecule has 0 radical (unpaired) electrons. The van der Waals surface area contributed by atoms with Gasteiger partial charge in [-0.25, -0.2) is 0 Å². The largest absolute Gasteiger partial charge is 0.383 e. The molecule has 1 aliphatic heterocycles. The van der Waals surface area contributed by atoms with E-state index < -0.39 is 6.04 Å². The van der Waals surface area contributed by atoms with Crippen molar-refractivity contribution < 1.29 is 14.3 Å². The van der Waals surface area contributed by atoms with Crippen molar-refractivity contribution in [2.75, 3.05) is 13.7 Å². The Morgan fingerprint density at radius 1 is 1.32 bits per heavy atom. The SMILES string of the molecule is COCC(C)(C)NC1CC(=O)N(C2CCCC2)C1=O. The van der Waals surface area contributed by atoms with Crippen LogP contribution < -0.4 is 5.32 Å². The minimum atomic E-state index is -0.391. The van der Waals surface area contributed by atoms with Crippen LogP contribution in [0.4, 0.5) is 0 Å². The topological polar surface area (TPSA) is 58.6 Å². The number of rotatable bonds is 5. The third kappa shape index (κ3) is 3.15. The first-order chi connectivity index (χ1) is 8.94. The fourth-order valence-corrected chi connectivity index (χ4v) is 3.18. The summed E-state index contributed by atoms with van der Waals surface area (Å²) in [4.78, 5) is 26.0. The number of nitrogens with one attached hydrogen (secondary N) is 1. The summed E-state index contributed by atoms with van der Waals surface area (Å²) in [7, 11) is 1.63. The minimum absolute atomic E-state index is 0.0254. The number of methoxy groups -OCH3 is 1. The van der Waals surface area contributed by atoms with Gasteiger partial charge >= 0.3 is 0 Å². The van der Waals surface area contributed by atoms with E-state index in [0.29, 0.717) is 6.61 Å². The Hall–Kier alpha value is -0.940. The van der Waals surface area contributed by atoms with E-state index >= 15 is 0 Å². The Balaban J connectivity index is 2.01. The molecular formula is C14H24N2O3. The van der Waals surface area contributed by atoms with Crippen molar-refractivity contribution in [2.24, 2.45) is 0 Å². The summed E-state index contributed by atoms with van der Waals surface area (Å²) in [5.41, 5.74) is -0.305. The van der Waals surface area contributed by atoms with Crippen LogP contribution in [0.25, 0.3) is 0 Å². The van der Waals surface area contributed by atoms with Gasteiger partial charge in [0, 0.05) is 18.7 Å². The van der Waals surface area contributed by atoms with Crippen molar-refractivity contribution in [1.82, 2.24) is 10.2 Å². The van der Waals surface area contributed by atoms with Crippen LogP contribution in [0.5, 0.6) is 0 Å². The van der Waals surface area contributed by atoms with Gasteiger partial charge in [0.05, 0.1) is 19.1 Å². The summed E-state index contributed by atoms with van der Waals surface area (Å²) in [6, 6.07) is -0.254. The van der Waals surface area contributed by atoms with Crippen molar-refractivity contribution in [3.05, 3.63) is 0 Å². The van der Waals surface area contributed by atoms with Crippen molar-refractivity contribution >= 4 is 11.8 Å². The van der Waals surface area contributed by atoms with E-state index in [0.717, 1.165) is 25.7 Å². The zero-order valence-corrected chi connectivity index (χ0v) is 12.1. The summed E-state index contributed by atoms with van der Waals surface area (Å²) in [5, 5.41) is 3.25. The van der Waals surface area contributed by atoms with Gasteiger partial charge in [-0.3, -0.25) is 19.8 Å². The molecule has 5 heteroatoms. The second kappa shape index (κ2) is 5.59. The summed E-state index contributed by atoms with van der Waals surface area (Å²) in [5.74, 6) is -0.0799. The first-order valence-corrected chi connectivity index (χ1v) is 7.07. The van der Waals surface area contributed by atoms with E-state index in [-0.39, 0.29) is 29.8 Å². The normalized spacial score (nSPS) is 25.6. The van der Waals surface area contributed by atoms with E-state index in [1.807, 2.05) is 13.8 Å². The molecule has 0 bridgehead atoms. The highest BCUT2D eigenvalue weighted by Gasteiger charge is 2.44. The average molecular weight is 268 g/mol. The van der Waals surface area contributed by atoms with E-state index in [4.69, 9.17) is 4.74 Å². The molecule has 5 nitrogen and oxygen atoms in total. The van der Waals surface area contributed by atoms with Gasteiger partial charge < -0.3 is 4.74 Å². The first-order valence-electron chi connectivity index (χ1n) is 7.07. The average Bonchev–Trinajstić information content (AvgIpc) is 2.88. The first kappa shape index (κ1) is 14.5. The van der Waals surface area contributed by atoms with Crippen LogP contribution >= 0.6 is 0 Å². The molecule has 2 amide bonds. The summed E-state index contributed by atoms with van der Waals surface area (Å²) >= 11 is 0. The summed E-state index contributed by atoms with van der Waals surface area (Å²) in [6.45, 7) is 4.47. The number of carbonyl (C=O) groups is 2. The number of carbonyl (C=O) groups excluding carboxylic acids is 2. The number of likely N-dealkylation sites (tertiary alicyclic amines) is 1. The maximum absolute atomic E-state index is 12.4. The Morgan fingerprint density at radius 3 is 2.53 bits per heavy atom. The van der Waals surface area contributed by atoms with Crippen LogP contribution in [-0.2, 0) is 14.3 Å². The number of amides is 2. The fraction of sp³-hybridized carbons (Fsp3) is 0.857. The van der Waals surface area contributed by atoms with Crippen LogP contribution in [0.1, 0.15) is 46.0 Å². The van der Waals surface area contributed by atoms with Crippen molar-refractivity contribution in [3.8, 4) is 0 Å². The molecule has 1 saturated heterocycles. The van der Waals surface area contributed by atoms with Gasteiger partial charge in [-0.15, -0.1) is 0 Å². The minimum Gasteiger partial charge on any atom is -0.383 e. The fourth-order valence-electron chi connectivity index (χ4n) is 3.18. The predicted octanol–water partition coefficient (Wildman–Crippen LogP) is 1.07. The predicted molar refractivity (Wildman–Crippen MR) is 71.6 cm³/mol. The van der Waals surface area contributed by atoms with E-state index in [1.54, 1.807) is 7.11 Å². The van der Waals surface area contributed by atoms with Gasteiger partial charge in [-0.2, -0.15) is 0 Å². The van der Waals surface area contributed by atoms with E-state index in [2.05, 4.69) is 5.32 Å². The molecule has 1 atom stereocenters. The van der Waals surface area contributed by atoms with Gasteiger partial charge in [0.2, 0.25) is 11.8 Å².